The zero-order chi connectivity index (χ0) is 18.1. The number of aryl methyl sites for hydroxylation is 1. The second-order valence-electron chi connectivity index (χ2n) is 5.57. The topological polar surface area (TPSA) is 139 Å². The van der Waals surface area contributed by atoms with Gasteiger partial charge in [-0.2, -0.15) is 0 Å². The molecule has 2 aromatic carbocycles. The van der Waals surface area contributed by atoms with E-state index in [4.69, 9.17) is 4.42 Å². The van der Waals surface area contributed by atoms with Crippen LogP contribution in [0.2, 0.25) is 0 Å². The van der Waals surface area contributed by atoms with Crippen LogP contribution in [-0.2, 0) is 22.5 Å². The van der Waals surface area contributed by atoms with Crippen molar-refractivity contribution in [3.8, 4) is 5.75 Å². The van der Waals surface area contributed by atoms with E-state index in [0.29, 0.717) is 10.9 Å². The largest absolute Gasteiger partial charge is 2.00 e. The molecule has 7 nitrogen and oxygen atoms in total. The number of hydrogen-bond donors (Lipinski definition) is 0. The van der Waals surface area contributed by atoms with E-state index in [1.807, 2.05) is 0 Å². The number of para-hydroxylation sites is 1. The van der Waals surface area contributed by atoms with Gasteiger partial charge in [0.25, 0.3) is 0 Å². The first-order valence-electron chi connectivity index (χ1n) is 7.49. The zero-order valence-electron chi connectivity index (χ0n) is 14.4. The van der Waals surface area contributed by atoms with Gasteiger partial charge in [-0.1, -0.05) is 36.1 Å². The van der Waals surface area contributed by atoms with Crippen molar-refractivity contribution in [1.82, 2.24) is 0 Å². The fourth-order valence-corrected chi connectivity index (χ4v) is 2.69. The van der Waals surface area contributed by atoms with Crippen molar-refractivity contribution in [2.75, 3.05) is 0 Å². The number of aliphatic imine (C=N–C) groups is 1. The van der Waals surface area contributed by atoms with Crippen LogP contribution in [0.1, 0.15) is 28.4 Å². The van der Waals surface area contributed by atoms with Crippen molar-refractivity contribution < 1.29 is 42.0 Å². The average molecular weight is 418 g/mol. The van der Waals surface area contributed by atoms with Crippen molar-refractivity contribution in [2.24, 2.45) is 4.99 Å². The Labute approximate surface area is 164 Å². The van der Waals surface area contributed by atoms with Crippen molar-refractivity contribution >= 4 is 28.3 Å². The number of fused-ring (bicyclic) bond motifs is 1. The zero-order valence-corrected chi connectivity index (χ0v) is 15.4. The van der Waals surface area contributed by atoms with E-state index in [-0.39, 0.29) is 56.4 Å². The number of hydrogen-bond acceptors (Lipinski definition) is 6. The standard InChI is InChI=1S/C19H15NO5.Cu.H2O/c1-10-9-16(22)25-18-12(10)7-8-15(21)17(18)11(2)20-14-6-4-3-5-13(14)19(23)24;;/h3-9,21H,1-2H3,(H,23,24);;1H2/q;+2;/p-1. The summed E-state index contributed by atoms with van der Waals surface area (Å²) < 4.78 is 5.23. The molecule has 0 aliphatic rings. The number of benzene rings is 2. The molecule has 0 amide bonds. The summed E-state index contributed by atoms with van der Waals surface area (Å²) >= 11 is 0. The summed E-state index contributed by atoms with van der Waals surface area (Å²) in [6.07, 6.45) is 0. The van der Waals surface area contributed by atoms with Gasteiger partial charge >= 0.3 is 22.7 Å². The van der Waals surface area contributed by atoms with Gasteiger partial charge in [0.05, 0.1) is 11.7 Å². The minimum absolute atomic E-state index is 0. The summed E-state index contributed by atoms with van der Waals surface area (Å²) in [4.78, 5) is 27.2. The molecule has 0 spiro atoms. The maximum atomic E-state index is 12.3. The van der Waals surface area contributed by atoms with Crippen molar-refractivity contribution in [1.29, 1.82) is 0 Å². The van der Waals surface area contributed by atoms with Gasteiger partial charge in [-0.05, 0) is 25.5 Å². The third kappa shape index (κ3) is 4.25. The number of carbonyl (C=O) groups excluding carboxylic acids is 1. The Hall–Kier alpha value is -2.93. The molecule has 1 heterocycles. The molecular weight excluding hydrogens is 402 g/mol. The van der Waals surface area contributed by atoms with Crippen LogP contribution in [0.15, 0.2) is 56.7 Å². The van der Waals surface area contributed by atoms with Crippen LogP contribution in [0.3, 0.4) is 0 Å². The molecule has 0 fully saturated rings. The van der Waals surface area contributed by atoms with Gasteiger partial charge in [-0.15, -0.1) is 0 Å². The molecule has 1 aromatic heterocycles. The SMILES string of the molecule is CC(=Nc1ccccc1C(=O)[O-])c1c([O-])ccc2c(C)cc(=O)oc12.[Cu+2].[OH3+]. The van der Waals surface area contributed by atoms with Crippen LogP contribution in [0.5, 0.6) is 5.75 Å². The molecule has 27 heavy (non-hydrogen) atoms. The van der Waals surface area contributed by atoms with Gasteiger partial charge < -0.3 is 24.9 Å². The smallest absolute Gasteiger partial charge is 0.872 e. The van der Waals surface area contributed by atoms with E-state index < -0.39 is 11.6 Å². The average Bonchev–Trinajstić information content (AvgIpc) is 2.54. The van der Waals surface area contributed by atoms with Crippen molar-refractivity contribution in [3.63, 3.8) is 0 Å². The van der Waals surface area contributed by atoms with Gasteiger partial charge in [0, 0.05) is 28.3 Å². The normalized spacial score (nSPS) is 10.8. The summed E-state index contributed by atoms with van der Waals surface area (Å²) in [7, 11) is 0. The number of rotatable bonds is 3. The third-order valence-corrected chi connectivity index (χ3v) is 3.86. The number of carboxylic acids is 1. The van der Waals surface area contributed by atoms with E-state index in [9.17, 15) is 19.8 Å². The van der Waals surface area contributed by atoms with Gasteiger partial charge in [0.15, 0.2) is 0 Å². The van der Waals surface area contributed by atoms with Gasteiger partial charge in [0.2, 0.25) is 0 Å². The molecule has 3 rings (SSSR count). The summed E-state index contributed by atoms with van der Waals surface area (Å²) in [5, 5.41) is 24.2. The first-order chi connectivity index (χ1) is 11.9. The Bertz CT molecular complexity index is 1090. The van der Waals surface area contributed by atoms with Crippen molar-refractivity contribution in [3.05, 3.63) is 69.6 Å². The van der Waals surface area contributed by atoms with Gasteiger partial charge in [-0.3, -0.25) is 4.99 Å². The molecule has 0 saturated carbocycles. The van der Waals surface area contributed by atoms with E-state index >= 15 is 0 Å². The number of nitrogens with zero attached hydrogens (tertiary/aromatic N) is 1. The maximum Gasteiger partial charge on any atom is 2.00 e. The first kappa shape index (κ1) is 22.1. The minimum atomic E-state index is -1.37. The maximum absolute atomic E-state index is 12.3. The Balaban J connectivity index is 0.00000182. The Morgan fingerprint density at radius 2 is 1.81 bits per heavy atom. The van der Waals surface area contributed by atoms with Crippen LogP contribution in [0, 0.1) is 6.92 Å². The quantitative estimate of drug-likeness (QED) is 0.268. The predicted octanol–water partition coefficient (Wildman–Crippen LogP) is 0.755. The fraction of sp³-hybridized carbons (Fsp3) is 0.105. The van der Waals surface area contributed by atoms with E-state index in [1.165, 1.54) is 24.3 Å². The van der Waals surface area contributed by atoms with E-state index in [1.54, 1.807) is 32.0 Å². The summed E-state index contributed by atoms with van der Waals surface area (Å²) in [5.74, 6) is -1.73. The molecule has 0 bridgehead atoms. The minimum Gasteiger partial charge on any atom is -0.872 e. The van der Waals surface area contributed by atoms with Crippen LogP contribution >= 0.6 is 0 Å². The molecule has 0 unspecified atom stereocenters. The number of carbonyl (C=O) groups is 1. The second kappa shape index (κ2) is 8.64. The number of aromatic carboxylic acids is 1. The fourth-order valence-electron chi connectivity index (χ4n) is 2.69. The summed E-state index contributed by atoms with van der Waals surface area (Å²) in [5.41, 5.74) is 0.697. The molecule has 0 atom stereocenters. The van der Waals surface area contributed by atoms with Crippen LogP contribution in [0.25, 0.3) is 11.0 Å². The molecule has 0 aliphatic carbocycles. The Morgan fingerprint density at radius 3 is 2.48 bits per heavy atom. The monoisotopic (exact) mass is 417 g/mol. The molecule has 0 aliphatic heterocycles. The summed E-state index contributed by atoms with van der Waals surface area (Å²) in [6, 6.07) is 10.4. The van der Waals surface area contributed by atoms with E-state index in [0.717, 1.165) is 0 Å². The molecule has 1 radical (unpaired) electrons. The molecule has 8 heteroatoms. The Kier molecular flexibility index (Phi) is 7.07. The van der Waals surface area contributed by atoms with Crippen LogP contribution in [0.4, 0.5) is 5.69 Å². The predicted molar refractivity (Wildman–Crippen MR) is 94.2 cm³/mol. The molecule has 3 N–H and O–H groups in total. The molecule has 3 aromatic rings. The first-order valence-corrected chi connectivity index (χ1v) is 7.49. The molecule has 0 saturated heterocycles. The Morgan fingerprint density at radius 1 is 1.15 bits per heavy atom. The second-order valence-corrected chi connectivity index (χ2v) is 5.57. The summed E-state index contributed by atoms with van der Waals surface area (Å²) in [6.45, 7) is 3.30. The van der Waals surface area contributed by atoms with Gasteiger partial charge in [-0.25, -0.2) is 4.79 Å². The third-order valence-electron chi connectivity index (χ3n) is 3.86. The van der Waals surface area contributed by atoms with Crippen LogP contribution in [-0.4, -0.2) is 11.7 Å². The van der Waals surface area contributed by atoms with Crippen molar-refractivity contribution in [2.45, 2.75) is 13.8 Å². The van der Waals surface area contributed by atoms with E-state index in [2.05, 4.69) is 4.99 Å². The molecular formula is C19H16CuNO6+. The number of carboxylic acid groups (broad SMARTS) is 1. The molecule has 143 valence electrons. The van der Waals surface area contributed by atoms with Gasteiger partial charge in [0.1, 0.15) is 5.58 Å². The van der Waals surface area contributed by atoms with Crippen LogP contribution < -0.4 is 15.8 Å².